The van der Waals surface area contributed by atoms with Crippen LogP contribution < -0.4 is 4.90 Å². The highest BCUT2D eigenvalue weighted by Crippen LogP contribution is 2.31. The maximum atomic E-state index is 13.5. The average molecular weight is 286 g/mol. The van der Waals surface area contributed by atoms with Crippen LogP contribution in [0.5, 0.6) is 0 Å². The molecule has 1 aromatic rings. The fraction of sp³-hybridized carbons (Fsp3) is 0.417. The Morgan fingerprint density at radius 2 is 2.10 bits per heavy atom. The molecule has 0 saturated heterocycles. The Labute approximate surface area is 114 Å². The van der Waals surface area contributed by atoms with Crippen molar-refractivity contribution in [2.24, 2.45) is 0 Å². The smallest absolute Gasteiger partial charge is 0.338 e. The molecule has 110 valence electrons. The van der Waals surface area contributed by atoms with E-state index in [9.17, 15) is 19.3 Å². The highest BCUT2D eigenvalue weighted by atomic mass is 19.1. The van der Waals surface area contributed by atoms with Crippen molar-refractivity contribution >= 4 is 17.3 Å². The highest BCUT2D eigenvalue weighted by molar-refractivity contribution is 5.90. The van der Waals surface area contributed by atoms with Gasteiger partial charge in [-0.2, -0.15) is 0 Å². The van der Waals surface area contributed by atoms with Crippen LogP contribution in [-0.4, -0.2) is 40.8 Å². The van der Waals surface area contributed by atoms with Crippen molar-refractivity contribution in [3.05, 3.63) is 33.6 Å². The van der Waals surface area contributed by atoms with E-state index in [4.69, 9.17) is 10.2 Å². The van der Waals surface area contributed by atoms with E-state index < -0.39 is 28.0 Å². The molecular weight excluding hydrogens is 271 g/mol. The molecule has 0 bridgehead atoms. The van der Waals surface area contributed by atoms with Gasteiger partial charge in [-0.15, -0.1) is 0 Å². The summed E-state index contributed by atoms with van der Waals surface area (Å²) in [7, 11) is 0. The topological polar surface area (TPSA) is 104 Å². The number of carboxylic acids is 1. The molecule has 0 atom stereocenters. The van der Waals surface area contributed by atoms with Gasteiger partial charge in [0.2, 0.25) is 0 Å². The number of nitro benzene ring substituents is 1. The minimum absolute atomic E-state index is 0.00954. The third kappa shape index (κ3) is 3.41. The first-order valence-electron chi connectivity index (χ1n) is 5.99. The lowest BCUT2D eigenvalue weighted by Gasteiger charge is -2.23. The number of carboxylic acid groups (broad SMARTS) is 1. The third-order valence-electron chi connectivity index (χ3n) is 2.70. The number of aliphatic hydroxyl groups is 1. The van der Waals surface area contributed by atoms with Crippen molar-refractivity contribution < 1.29 is 24.3 Å². The van der Waals surface area contributed by atoms with Crippen LogP contribution in [0.25, 0.3) is 0 Å². The van der Waals surface area contributed by atoms with Gasteiger partial charge in [0.15, 0.2) is 0 Å². The number of aliphatic hydroxyl groups excluding tert-OH is 1. The molecule has 7 nitrogen and oxygen atoms in total. The molecule has 20 heavy (non-hydrogen) atoms. The van der Waals surface area contributed by atoms with Crippen LogP contribution in [0.2, 0.25) is 0 Å². The Bertz CT molecular complexity index is 515. The van der Waals surface area contributed by atoms with Gasteiger partial charge in [-0.05, 0) is 12.5 Å². The minimum atomic E-state index is -1.50. The molecule has 0 aliphatic heterocycles. The molecular formula is C12H15FN2O5. The zero-order valence-corrected chi connectivity index (χ0v) is 10.9. The number of anilines is 1. The summed E-state index contributed by atoms with van der Waals surface area (Å²) in [6.45, 7) is 2.06. The van der Waals surface area contributed by atoms with Gasteiger partial charge in [-0.1, -0.05) is 6.92 Å². The molecule has 0 fully saturated rings. The number of nitrogens with zero attached hydrogens (tertiary/aromatic N) is 2. The van der Waals surface area contributed by atoms with E-state index in [0.29, 0.717) is 19.0 Å². The third-order valence-corrected chi connectivity index (χ3v) is 2.70. The number of halogens is 1. The Morgan fingerprint density at radius 1 is 1.45 bits per heavy atom. The molecule has 0 aliphatic rings. The molecule has 0 aliphatic carbocycles. The molecule has 0 saturated carbocycles. The largest absolute Gasteiger partial charge is 0.478 e. The second-order valence-electron chi connectivity index (χ2n) is 4.09. The summed E-state index contributed by atoms with van der Waals surface area (Å²) >= 11 is 0. The molecule has 1 aromatic carbocycles. The predicted octanol–water partition coefficient (Wildman–Crippen LogP) is 1.64. The Morgan fingerprint density at radius 3 is 2.55 bits per heavy atom. The molecule has 0 heterocycles. The molecule has 8 heteroatoms. The van der Waals surface area contributed by atoms with Crippen molar-refractivity contribution in [2.75, 3.05) is 24.6 Å². The maximum Gasteiger partial charge on any atom is 0.338 e. The number of rotatable bonds is 7. The first kappa shape index (κ1) is 15.8. The minimum Gasteiger partial charge on any atom is -0.478 e. The van der Waals surface area contributed by atoms with Crippen LogP contribution in [0.15, 0.2) is 12.1 Å². The molecule has 0 radical (unpaired) electrons. The summed E-state index contributed by atoms with van der Waals surface area (Å²) in [4.78, 5) is 22.6. The maximum absolute atomic E-state index is 13.5. The van der Waals surface area contributed by atoms with Gasteiger partial charge < -0.3 is 15.1 Å². The number of benzene rings is 1. The molecule has 2 N–H and O–H groups in total. The standard InChI is InChI=1S/C12H15FN2O5/c1-2-3-14(4-5-16)10-6-8(12(17)18)9(13)7-11(10)15(19)20/h6-7,16H,2-5H2,1H3,(H,17,18). The van der Waals surface area contributed by atoms with Crippen molar-refractivity contribution in [3.63, 3.8) is 0 Å². The Kier molecular flexibility index (Phi) is 5.39. The summed E-state index contributed by atoms with van der Waals surface area (Å²) in [6.07, 6.45) is 0.636. The molecule has 0 spiro atoms. The monoisotopic (exact) mass is 286 g/mol. The van der Waals surface area contributed by atoms with E-state index in [2.05, 4.69) is 0 Å². The molecule has 0 amide bonds. The van der Waals surface area contributed by atoms with Crippen LogP contribution in [0.1, 0.15) is 23.7 Å². The SMILES string of the molecule is CCCN(CCO)c1cc(C(=O)O)c(F)cc1[N+](=O)[O-]. The number of nitro groups is 1. The van der Waals surface area contributed by atoms with Crippen molar-refractivity contribution in [1.82, 2.24) is 0 Å². The fourth-order valence-corrected chi connectivity index (χ4v) is 1.86. The summed E-state index contributed by atoms with van der Waals surface area (Å²) < 4.78 is 13.5. The number of carbonyl (C=O) groups is 1. The van der Waals surface area contributed by atoms with Gasteiger partial charge >= 0.3 is 5.97 Å². The Hall–Kier alpha value is -2.22. The first-order chi connectivity index (χ1) is 9.42. The average Bonchev–Trinajstić information content (AvgIpc) is 2.37. The summed E-state index contributed by atoms with van der Waals surface area (Å²) in [5, 5.41) is 28.8. The van der Waals surface area contributed by atoms with E-state index in [1.807, 2.05) is 6.92 Å². The van der Waals surface area contributed by atoms with Gasteiger partial charge in [-0.25, -0.2) is 9.18 Å². The number of hydrogen-bond donors (Lipinski definition) is 2. The van der Waals surface area contributed by atoms with Crippen LogP contribution in [0.4, 0.5) is 15.8 Å². The van der Waals surface area contributed by atoms with Crippen LogP contribution >= 0.6 is 0 Å². The second kappa shape index (κ2) is 6.80. The van der Waals surface area contributed by atoms with E-state index >= 15 is 0 Å². The number of hydrogen-bond acceptors (Lipinski definition) is 5. The summed E-state index contributed by atoms with van der Waals surface area (Å²) in [5.41, 5.74) is -1.16. The van der Waals surface area contributed by atoms with Crippen molar-refractivity contribution in [3.8, 4) is 0 Å². The van der Waals surface area contributed by atoms with Crippen LogP contribution in [0.3, 0.4) is 0 Å². The second-order valence-corrected chi connectivity index (χ2v) is 4.09. The van der Waals surface area contributed by atoms with E-state index in [-0.39, 0.29) is 18.8 Å². The highest BCUT2D eigenvalue weighted by Gasteiger charge is 2.24. The fourth-order valence-electron chi connectivity index (χ4n) is 1.86. The van der Waals surface area contributed by atoms with Crippen LogP contribution in [0, 0.1) is 15.9 Å². The summed E-state index contributed by atoms with van der Waals surface area (Å²) in [6, 6.07) is 1.53. The molecule has 0 aromatic heterocycles. The van der Waals surface area contributed by atoms with E-state index in [0.717, 1.165) is 6.07 Å². The van der Waals surface area contributed by atoms with Gasteiger partial charge in [0.25, 0.3) is 5.69 Å². The molecule has 0 unspecified atom stereocenters. The van der Waals surface area contributed by atoms with E-state index in [1.165, 1.54) is 4.90 Å². The van der Waals surface area contributed by atoms with Gasteiger partial charge in [-0.3, -0.25) is 10.1 Å². The predicted molar refractivity (Wildman–Crippen MR) is 69.6 cm³/mol. The van der Waals surface area contributed by atoms with Gasteiger partial charge in [0.05, 0.1) is 23.2 Å². The summed E-state index contributed by atoms with van der Waals surface area (Å²) in [5.74, 6) is -2.66. The van der Waals surface area contributed by atoms with Gasteiger partial charge in [0, 0.05) is 13.1 Å². The number of aromatic carboxylic acids is 1. The van der Waals surface area contributed by atoms with Crippen molar-refractivity contribution in [1.29, 1.82) is 0 Å². The first-order valence-corrected chi connectivity index (χ1v) is 5.99. The van der Waals surface area contributed by atoms with Crippen molar-refractivity contribution in [2.45, 2.75) is 13.3 Å². The van der Waals surface area contributed by atoms with Gasteiger partial charge in [0.1, 0.15) is 11.5 Å². The lowest BCUT2D eigenvalue weighted by molar-refractivity contribution is -0.384. The quantitative estimate of drug-likeness (QED) is 0.583. The Balaban J connectivity index is 3.42. The lowest BCUT2D eigenvalue weighted by Crippen LogP contribution is -2.28. The zero-order valence-electron chi connectivity index (χ0n) is 10.9. The zero-order chi connectivity index (χ0) is 15.3. The van der Waals surface area contributed by atoms with E-state index in [1.54, 1.807) is 0 Å². The van der Waals surface area contributed by atoms with Crippen LogP contribution in [-0.2, 0) is 0 Å². The normalized spacial score (nSPS) is 10.3. The molecule has 1 rings (SSSR count). The lowest BCUT2D eigenvalue weighted by atomic mass is 10.1.